The van der Waals surface area contributed by atoms with Crippen LogP contribution in [0.3, 0.4) is 0 Å². The zero-order chi connectivity index (χ0) is 12.7. The van der Waals surface area contributed by atoms with Crippen molar-refractivity contribution in [2.45, 2.75) is 38.7 Å². The molecule has 0 heterocycles. The zero-order valence-corrected chi connectivity index (χ0v) is 12.4. The summed E-state index contributed by atoms with van der Waals surface area (Å²) in [5.41, 5.74) is 1.20. The molecule has 1 aromatic carbocycles. The predicted molar refractivity (Wildman–Crippen MR) is 74.9 cm³/mol. The van der Waals surface area contributed by atoms with Gasteiger partial charge in [0, 0.05) is 14.7 Å². The van der Waals surface area contributed by atoms with Crippen LogP contribution in [0.5, 0.6) is 0 Å². The van der Waals surface area contributed by atoms with Crippen LogP contribution in [0.15, 0.2) is 30.3 Å². The Bertz CT molecular complexity index is 306. The lowest BCUT2D eigenvalue weighted by atomic mass is 10.1. The second-order valence-corrected chi connectivity index (χ2v) is 11.2. The van der Waals surface area contributed by atoms with Gasteiger partial charge in [-0.15, -0.1) is 0 Å². The van der Waals surface area contributed by atoms with E-state index in [1.165, 1.54) is 11.6 Å². The van der Waals surface area contributed by atoms with E-state index in [-0.39, 0.29) is 6.10 Å². The summed E-state index contributed by atoms with van der Waals surface area (Å²) in [4.78, 5) is 0. The van der Waals surface area contributed by atoms with Crippen molar-refractivity contribution in [2.75, 3.05) is 13.4 Å². The molecule has 1 atom stereocenters. The standard InChI is InChI=1S/C14H24O2Si/c1-13(14-8-6-5-7-9-14)16-12-15-10-11-17(2,3)4/h5-9,13H,10-12H2,1-4H3. The highest BCUT2D eigenvalue weighted by molar-refractivity contribution is 6.76. The molecule has 0 amide bonds. The summed E-state index contributed by atoms with van der Waals surface area (Å²) in [7, 11) is -0.979. The molecule has 0 saturated heterocycles. The van der Waals surface area contributed by atoms with E-state index in [1.807, 2.05) is 18.2 Å². The van der Waals surface area contributed by atoms with Crippen LogP contribution in [-0.2, 0) is 9.47 Å². The molecule has 96 valence electrons. The van der Waals surface area contributed by atoms with Gasteiger partial charge >= 0.3 is 0 Å². The Hall–Kier alpha value is -0.643. The summed E-state index contributed by atoms with van der Waals surface area (Å²) in [5.74, 6) is 0. The maximum Gasteiger partial charge on any atom is 0.147 e. The van der Waals surface area contributed by atoms with Crippen molar-refractivity contribution in [3.63, 3.8) is 0 Å². The monoisotopic (exact) mass is 252 g/mol. The summed E-state index contributed by atoms with van der Waals surface area (Å²) in [6.07, 6.45) is 0.100. The van der Waals surface area contributed by atoms with Gasteiger partial charge in [-0.05, 0) is 18.5 Å². The van der Waals surface area contributed by atoms with Crippen molar-refractivity contribution in [3.05, 3.63) is 35.9 Å². The van der Waals surface area contributed by atoms with Gasteiger partial charge in [0.25, 0.3) is 0 Å². The fourth-order valence-electron chi connectivity index (χ4n) is 1.41. The molecular formula is C14H24O2Si. The fraction of sp³-hybridized carbons (Fsp3) is 0.571. The smallest absolute Gasteiger partial charge is 0.147 e. The van der Waals surface area contributed by atoms with Gasteiger partial charge in [-0.1, -0.05) is 50.0 Å². The predicted octanol–water partition coefficient (Wildman–Crippen LogP) is 4.08. The van der Waals surface area contributed by atoms with Crippen LogP contribution < -0.4 is 0 Å². The molecule has 0 radical (unpaired) electrons. The number of benzene rings is 1. The van der Waals surface area contributed by atoms with Gasteiger partial charge < -0.3 is 9.47 Å². The molecule has 0 saturated carbocycles. The Morgan fingerprint density at radius 1 is 1.12 bits per heavy atom. The minimum absolute atomic E-state index is 0.100. The minimum Gasteiger partial charge on any atom is -0.356 e. The number of hydrogen-bond acceptors (Lipinski definition) is 2. The van der Waals surface area contributed by atoms with E-state index in [0.717, 1.165) is 6.61 Å². The molecule has 1 aromatic rings. The molecule has 3 heteroatoms. The average Bonchev–Trinajstić information content (AvgIpc) is 2.28. The first kappa shape index (κ1) is 14.4. The van der Waals surface area contributed by atoms with Crippen molar-refractivity contribution >= 4 is 8.07 Å². The van der Waals surface area contributed by atoms with Gasteiger partial charge in [-0.25, -0.2) is 0 Å². The Morgan fingerprint density at radius 2 is 1.76 bits per heavy atom. The zero-order valence-electron chi connectivity index (χ0n) is 11.4. The quantitative estimate of drug-likeness (QED) is 0.413. The lowest BCUT2D eigenvalue weighted by molar-refractivity contribution is -0.0819. The summed E-state index contributed by atoms with van der Waals surface area (Å²) >= 11 is 0. The van der Waals surface area contributed by atoms with Gasteiger partial charge in [-0.3, -0.25) is 0 Å². The number of hydrogen-bond donors (Lipinski definition) is 0. The van der Waals surface area contributed by atoms with Crippen molar-refractivity contribution in [1.29, 1.82) is 0 Å². The SMILES string of the molecule is CC(OCOCC[Si](C)(C)C)c1ccccc1. The van der Waals surface area contributed by atoms with Gasteiger partial charge in [0.1, 0.15) is 6.79 Å². The summed E-state index contributed by atoms with van der Waals surface area (Å²) < 4.78 is 11.2. The number of ether oxygens (including phenoxy) is 2. The summed E-state index contributed by atoms with van der Waals surface area (Å²) in [6, 6.07) is 11.4. The highest BCUT2D eigenvalue weighted by Gasteiger charge is 2.12. The maximum atomic E-state index is 5.64. The molecule has 0 fully saturated rings. The molecule has 0 aromatic heterocycles. The summed E-state index contributed by atoms with van der Waals surface area (Å²) in [6.45, 7) is 10.3. The third kappa shape index (κ3) is 6.61. The second-order valence-electron chi connectivity index (χ2n) is 5.56. The molecule has 0 bridgehead atoms. The van der Waals surface area contributed by atoms with E-state index in [9.17, 15) is 0 Å². The van der Waals surface area contributed by atoms with Gasteiger partial charge in [0.05, 0.1) is 6.10 Å². The summed E-state index contributed by atoms with van der Waals surface area (Å²) in [5, 5.41) is 0. The van der Waals surface area contributed by atoms with Crippen LogP contribution in [0, 0.1) is 0 Å². The van der Waals surface area contributed by atoms with E-state index < -0.39 is 8.07 Å². The third-order valence-electron chi connectivity index (χ3n) is 2.67. The molecule has 2 nitrogen and oxygen atoms in total. The lowest BCUT2D eigenvalue weighted by Gasteiger charge is -2.17. The van der Waals surface area contributed by atoms with Crippen LogP contribution in [0.25, 0.3) is 0 Å². The first-order valence-electron chi connectivity index (χ1n) is 6.23. The van der Waals surface area contributed by atoms with Crippen LogP contribution in [0.4, 0.5) is 0 Å². The van der Waals surface area contributed by atoms with E-state index in [0.29, 0.717) is 6.79 Å². The van der Waals surface area contributed by atoms with Crippen LogP contribution in [-0.4, -0.2) is 21.5 Å². The fourth-order valence-corrected chi connectivity index (χ4v) is 2.16. The Kier molecular flexibility index (Phi) is 5.89. The maximum absolute atomic E-state index is 5.64. The Balaban J connectivity index is 2.15. The van der Waals surface area contributed by atoms with E-state index in [1.54, 1.807) is 0 Å². The molecule has 0 aliphatic heterocycles. The van der Waals surface area contributed by atoms with Crippen LogP contribution >= 0.6 is 0 Å². The Morgan fingerprint density at radius 3 is 2.35 bits per heavy atom. The molecule has 1 unspecified atom stereocenters. The van der Waals surface area contributed by atoms with Gasteiger partial charge in [-0.2, -0.15) is 0 Å². The molecule has 17 heavy (non-hydrogen) atoms. The highest BCUT2D eigenvalue weighted by atomic mass is 28.3. The highest BCUT2D eigenvalue weighted by Crippen LogP contribution is 2.15. The first-order valence-corrected chi connectivity index (χ1v) is 9.94. The second kappa shape index (κ2) is 6.94. The molecule has 1 rings (SSSR count). The largest absolute Gasteiger partial charge is 0.356 e. The van der Waals surface area contributed by atoms with Crippen molar-refractivity contribution < 1.29 is 9.47 Å². The van der Waals surface area contributed by atoms with Crippen molar-refractivity contribution in [2.24, 2.45) is 0 Å². The van der Waals surface area contributed by atoms with Gasteiger partial charge in [0.2, 0.25) is 0 Å². The van der Waals surface area contributed by atoms with E-state index in [4.69, 9.17) is 9.47 Å². The number of rotatable bonds is 7. The molecular weight excluding hydrogens is 228 g/mol. The van der Waals surface area contributed by atoms with Gasteiger partial charge in [0.15, 0.2) is 0 Å². The van der Waals surface area contributed by atoms with Crippen molar-refractivity contribution in [3.8, 4) is 0 Å². The molecule has 0 aliphatic carbocycles. The van der Waals surface area contributed by atoms with Crippen LogP contribution in [0.2, 0.25) is 25.7 Å². The van der Waals surface area contributed by atoms with E-state index in [2.05, 4.69) is 38.7 Å². The van der Waals surface area contributed by atoms with Crippen molar-refractivity contribution in [1.82, 2.24) is 0 Å². The average molecular weight is 252 g/mol. The molecule has 0 aliphatic rings. The normalized spacial score (nSPS) is 13.6. The Labute approximate surface area is 106 Å². The lowest BCUT2D eigenvalue weighted by Crippen LogP contribution is -2.22. The third-order valence-corrected chi connectivity index (χ3v) is 4.37. The first-order chi connectivity index (χ1) is 7.99. The molecule has 0 spiro atoms. The topological polar surface area (TPSA) is 18.5 Å². The molecule has 0 N–H and O–H groups in total. The van der Waals surface area contributed by atoms with E-state index >= 15 is 0 Å². The van der Waals surface area contributed by atoms with Crippen LogP contribution in [0.1, 0.15) is 18.6 Å². The minimum atomic E-state index is -0.979.